The maximum atomic E-state index is 11.8. The minimum Gasteiger partial charge on any atom is -0.293 e. The number of hydrogen-bond donors (Lipinski definition) is 0. The monoisotopic (exact) mass is 160 g/mol. The summed E-state index contributed by atoms with van der Waals surface area (Å²) in [4.78, 5) is 10.6. The second-order valence-corrected chi connectivity index (χ2v) is 2.01. The molecule has 11 heavy (non-hydrogen) atoms. The van der Waals surface area contributed by atoms with Crippen molar-refractivity contribution in [1.29, 1.82) is 0 Å². The summed E-state index contributed by atoms with van der Waals surface area (Å²) in [5.41, 5.74) is 0.0605. The SMILES string of the molecule is CC(=O)c1ccn(C(F)F)n1. The van der Waals surface area contributed by atoms with Gasteiger partial charge in [0.25, 0.3) is 0 Å². The molecule has 0 atom stereocenters. The summed E-state index contributed by atoms with van der Waals surface area (Å²) in [5, 5.41) is 3.33. The molecule has 1 rings (SSSR count). The van der Waals surface area contributed by atoms with Gasteiger partial charge in [0.2, 0.25) is 0 Å². The van der Waals surface area contributed by atoms with Crippen LogP contribution in [0.3, 0.4) is 0 Å². The summed E-state index contributed by atoms with van der Waals surface area (Å²) in [6, 6.07) is 1.26. The van der Waals surface area contributed by atoms with Crippen LogP contribution in [0.2, 0.25) is 0 Å². The quantitative estimate of drug-likeness (QED) is 0.614. The number of ketones is 1. The van der Waals surface area contributed by atoms with E-state index in [4.69, 9.17) is 0 Å². The lowest BCUT2D eigenvalue weighted by molar-refractivity contribution is 0.0561. The standard InChI is InChI=1S/C6H6F2N2O/c1-4(11)5-2-3-10(9-5)6(7)8/h2-3,6H,1H3. The second-order valence-electron chi connectivity index (χ2n) is 2.01. The largest absolute Gasteiger partial charge is 0.333 e. The van der Waals surface area contributed by atoms with Crippen molar-refractivity contribution in [2.24, 2.45) is 0 Å². The van der Waals surface area contributed by atoms with Gasteiger partial charge in [-0.25, -0.2) is 4.68 Å². The molecule has 0 N–H and O–H groups in total. The Labute approximate surface area is 61.6 Å². The zero-order valence-electron chi connectivity index (χ0n) is 5.79. The molecule has 1 aromatic heterocycles. The zero-order chi connectivity index (χ0) is 8.43. The van der Waals surface area contributed by atoms with Crippen molar-refractivity contribution in [3.05, 3.63) is 18.0 Å². The lowest BCUT2D eigenvalue weighted by Crippen LogP contribution is -2.01. The molecule has 0 fully saturated rings. The fourth-order valence-electron chi connectivity index (χ4n) is 0.635. The maximum absolute atomic E-state index is 11.8. The molecule has 0 amide bonds. The van der Waals surface area contributed by atoms with Gasteiger partial charge in [-0.15, -0.1) is 0 Å². The highest BCUT2D eigenvalue weighted by Gasteiger charge is 2.09. The molecule has 0 saturated carbocycles. The Hall–Kier alpha value is -1.26. The first-order chi connectivity index (χ1) is 5.11. The molecule has 0 spiro atoms. The predicted octanol–water partition coefficient (Wildman–Crippen LogP) is 1.48. The van der Waals surface area contributed by atoms with Gasteiger partial charge in [0.15, 0.2) is 5.78 Å². The fourth-order valence-corrected chi connectivity index (χ4v) is 0.635. The van der Waals surface area contributed by atoms with Gasteiger partial charge in [-0.05, 0) is 6.07 Å². The van der Waals surface area contributed by atoms with E-state index in [1.807, 2.05) is 0 Å². The molecule has 1 heterocycles. The van der Waals surface area contributed by atoms with Crippen molar-refractivity contribution < 1.29 is 13.6 Å². The number of hydrogen-bond acceptors (Lipinski definition) is 2. The third-order valence-corrected chi connectivity index (χ3v) is 1.17. The lowest BCUT2D eigenvalue weighted by atomic mass is 10.3. The van der Waals surface area contributed by atoms with E-state index >= 15 is 0 Å². The first-order valence-electron chi connectivity index (χ1n) is 2.95. The maximum Gasteiger partial charge on any atom is 0.333 e. The van der Waals surface area contributed by atoms with E-state index in [9.17, 15) is 13.6 Å². The van der Waals surface area contributed by atoms with Crippen molar-refractivity contribution in [3.8, 4) is 0 Å². The Balaban J connectivity index is 2.90. The molecule has 1 aromatic rings. The van der Waals surface area contributed by atoms with Gasteiger partial charge in [-0.3, -0.25) is 4.79 Å². The summed E-state index contributed by atoms with van der Waals surface area (Å²) in [5.74, 6) is -0.315. The van der Waals surface area contributed by atoms with Gasteiger partial charge in [-0.2, -0.15) is 13.9 Å². The second kappa shape index (κ2) is 2.77. The molecule has 0 radical (unpaired) electrons. The van der Waals surface area contributed by atoms with Crippen molar-refractivity contribution in [2.75, 3.05) is 0 Å². The number of aromatic nitrogens is 2. The lowest BCUT2D eigenvalue weighted by Gasteiger charge is -1.95. The third kappa shape index (κ3) is 1.60. The van der Waals surface area contributed by atoms with E-state index in [1.165, 1.54) is 13.0 Å². The molecule has 0 bridgehead atoms. The van der Waals surface area contributed by atoms with Crippen LogP contribution in [0.25, 0.3) is 0 Å². The van der Waals surface area contributed by atoms with Gasteiger partial charge >= 0.3 is 6.55 Å². The summed E-state index contributed by atoms with van der Waals surface area (Å²) < 4.78 is 24.1. The molecule has 5 heteroatoms. The van der Waals surface area contributed by atoms with Crippen LogP contribution in [0.1, 0.15) is 24.0 Å². The van der Waals surface area contributed by atoms with Crippen molar-refractivity contribution >= 4 is 5.78 Å². The summed E-state index contributed by atoms with van der Waals surface area (Å²) >= 11 is 0. The van der Waals surface area contributed by atoms with Gasteiger partial charge in [0.1, 0.15) is 5.69 Å². The van der Waals surface area contributed by atoms with Crippen LogP contribution in [0.4, 0.5) is 8.78 Å². The Morgan fingerprint density at radius 1 is 1.73 bits per heavy atom. The van der Waals surface area contributed by atoms with E-state index in [0.717, 1.165) is 6.20 Å². The Morgan fingerprint density at radius 3 is 2.64 bits per heavy atom. The highest BCUT2D eigenvalue weighted by atomic mass is 19.3. The van der Waals surface area contributed by atoms with Crippen LogP contribution in [-0.4, -0.2) is 15.6 Å². The summed E-state index contributed by atoms with van der Waals surface area (Å²) in [7, 11) is 0. The van der Waals surface area contributed by atoms with Gasteiger partial charge in [-0.1, -0.05) is 0 Å². The zero-order valence-corrected chi connectivity index (χ0v) is 5.79. The number of halogens is 2. The number of nitrogens with zero attached hydrogens (tertiary/aromatic N) is 2. The number of alkyl halides is 2. The molecule has 0 aliphatic heterocycles. The van der Waals surface area contributed by atoms with Gasteiger partial charge in [0, 0.05) is 13.1 Å². The van der Waals surface area contributed by atoms with Crippen LogP contribution >= 0.6 is 0 Å². The van der Waals surface area contributed by atoms with E-state index in [0.29, 0.717) is 4.68 Å². The molecule has 3 nitrogen and oxygen atoms in total. The topological polar surface area (TPSA) is 34.9 Å². The van der Waals surface area contributed by atoms with E-state index < -0.39 is 6.55 Å². The van der Waals surface area contributed by atoms with Crippen LogP contribution in [0.5, 0.6) is 0 Å². The molecule has 0 saturated heterocycles. The smallest absolute Gasteiger partial charge is 0.293 e. The average molecular weight is 160 g/mol. The minimum absolute atomic E-state index is 0.0605. The van der Waals surface area contributed by atoms with Crippen molar-refractivity contribution in [1.82, 2.24) is 9.78 Å². The van der Waals surface area contributed by atoms with E-state index in [2.05, 4.69) is 5.10 Å². The number of carbonyl (C=O) groups excluding carboxylic acids is 1. The van der Waals surface area contributed by atoms with Crippen LogP contribution in [-0.2, 0) is 0 Å². The molecule has 0 aliphatic carbocycles. The first kappa shape index (κ1) is 7.84. The van der Waals surface area contributed by atoms with E-state index in [-0.39, 0.29) is 11.5 Å². The first-order valence-corrected chi connectivity index (χ1v) is 2.95. The van der Waals surface area contributed by atoms with Gasteiger partial charge < -0.3 is 0 Å². The van der Waals surface area contributed by atoms with Crippen LogP contribution < -0.4 is 0 Å². The summed E-state index contributed by atoms with van der Waals surface area (Å²) in [6.45, 7) is -1.40. The number of Topliss-reactive ketones (excluding diaryl/α,β-unsaturated/α-hetero) is 1. The third-order valence-electron chi connectivity index (χ3n) is 1.17. The Kier molecular flexibility index (Phi) is 1.98. The number of rotatable bonds is 2. The highest BCUT2D eigenvalue weighted by molar-refractivity contribution is 5.91. The molecule has 0 aliphatic rings. The minimum atomic E-state index is -2.68. The average Bonchev–Trinajstić information content (AvgIpc) is 2.33. The number of carbonyl (C=O) groups is 1. The highest BCUT2D eigenvalue weighted by Crippen LogP contribution is 2.08. The van der Waals surface area contributed by atoms with E-state index in [1.54, 1.807) is 0 Å². The van der Waals surface area contributed by atoms with Crippen molar-refractivity contribution in [2.45, 2.75) is 13.5 Å². The normalized spacial score (nSPS) is 10.5. The van der Waals surface area contributed by atoms with Gasteiger partial charge in [0.05, 0.1) is 0 Å². The Bertz CT molecular complexity index is 269. The van der Waals surface area contributed by atoms with Crippen LogP contribution in [0.15, 0.2) is 12.3 Å². The molecule has 0 unspecified atom stereocenters. The van der Waals surface area contributed by atoms with Crippen molar-refractivity contribution in [3.63, 3.8) is 0 Å². The fraction of sp³-hybridized carbons (Fsp3) is 0.333. The molecule has 60 valence electrons. The van der Waals surface area contributed by atoms with Crippen LogP contribution in [0, 0.1) is 0 Å². The predicted molar refractivity (Wildman–Crippen MR) is 33.5 cm³/mol. The molecular formula is C6H6F2N2O. The summed E-state index contributed by atoms with van der Waals surface area (Å²) in [6.07, 6.45) is 1.07. The Morgan fingerprint density at radius 2 is 2.36 bits per heavy atom. The molecular weight excluding hydrogens is 154 g/mol. The molecule has 0 aromatic carbocycles.